The molecular weight excluding hydrogens is 200 g/mol. The summed E-state index contributed by atoms with van der Waals surface area (Å²) in [5, 5.41) is 11.6. The summed E-state index contributed by atoms with van der Waals surface area (Å²) in [4.78, 5) is 0. The van der Waals surface area contributed by atoms with Gasteiger partial charge in [0.1, 0.15) is 5.60 Å². The third-order valence-electron chi connectivity index (χ3n) is 3.29. The van der Waals surface area contributed by atoms with Gasteiger partial charge >= 0.3 is 0 Å². The third kappa shape index (κ3) is 1.42. The fourth-order valence-electron chi connectivity index (χ4n) is 2.32. The van der Waals surface area contributed by atoms with E-state index in [1.807, 2.05) is 12.1 Å². The number of aliphatic hydroxyl groups is 1. The first kappa shape index (κ1) is 9.82. The minimum absolute atomic E-state index is 0.170. The molecule has 2 nitrogen and oxygen atoms in total. The van der Waals surface area contributed by atoms with E-state index in [0.717, 1.165) is 6.61 Å². The van der Waals surface area contributed by atoms with E-state index < -0.39 is 0 Å². The Hall–Kier alpha value is -1.38. The summed E-state index contributed by atoms with van der Waals surface area (Å²) in [6, 6.07) is 14.6. The lowest BCUT2D eigenvalue weighted by Gasteiger charge is -2.13. The van der Waals surface area contributed by atoms with Crippen LogP contribution in [0.4, 0.5) is 0 Å². The van der Waals surface area contributed by atoms with Crippen molar-refractivity contribution in [2.24, 2.45) is 0 Å². The van der Waals surface area contributed by atoms with Crippen LogP contribution in [-0.4, -0.2) is 18.3 Å². The van der Waals surface area contributed by atoms with Gasteiger partial charge in [0.25, 0.3) is 0 Å². The highest BCUT2D eigenvalue weighted by Gasteiger charge is 2.46. The van der Waals surface area contributed by atoms with Crippen molar-refractivity contribution in [3.63, 3.8) is 0 Å². The van der Waals surface area contributed by atoms with Crippen LogP contribution in [0.3, 0.4) is 0 Å². The van der Waals surface area contributed by atoms with Gasteiger partial charge in [-0.3, -0.25) is 0 Å². The van der Waals surface area contributed by atoms with Gasteiger partial charge in [-0.2, -0.15) is 0 Å². The Labute approximate surface area is 94.5 Å². The van der Waals surface area contributed by atoms with Gasteiger partial charge in [0.2, 0.25) is 0 Å². The van der Waals surface area contributed by atoms with E-state index in [9.17, 15) is 0 Å². The quantitative estimate of drug-likeness (QED) is 0.796. The summed E-state index contributed by atoms with van der Waals surface area (Å²) in [7, 11) is 0. The lowest BCUT2D eigenvalue weighted by molar-refractivity contribution is 0.215. The molecule has 2 aromatic carbocycles. The average Bonchev–Trinajstić information content (AvgIpc) is 3.10. The molecule has 2 aromatic rings. The summed E-state index contributed by atoms with van der Waals surface area (Å²) in [5.74, 6) is 0. The van der Waals surface area contributed by atoms with Crippen LogP contribution in [0.5, 0.6) is 0 Å². The minimum Gasteiger partial charge on any atom is -0.396 e. The standard InChI is InChI=1S/C14H14O2/c15-9-8-14(10-16-14)13-7-3-5-11-4-1-2-6-12(11)13/h1-7,15H,8-10H2. The van der Waals surface area contributed by atoms with Crippen molar-refractivity contribution >= 4 is 10.8 Å². The zero-order valence-electron chi connectivity index (χ0n) is 9.02. The fourth-order valence-corrected chi connectivity index (χ4v) is 2.32. The van der Waals surface area contributed by atoms with Crippen molar-refractivity contribution < 1.29 is 9.84 Å². The van der Waals surface area contributed by atoms with Crippen LogP contribution in [-0.2, 0) is 10.3 Å². The van der Waals surface area contributed by atoms with Crippen molar-refractivity contribution in [2.75, 3.05) is 13.2 Å². The number of benzene rings is 2. The second-order valence-electron chi connectivity index (χ2n) is 4.28. The molecule has 0 spiro atoms. The Morgan fingerprint density at radius 1 is 1.12 bits per heavy atom. The Balaban J connectivity index is 2.17. The molecule has 1 heterocycles. The molecule has 1 N–H and O–H groups in total. The molecule has 1 aliphatic heterocycles. The van der Waals surface area contributed by atoms with E-state index in [-0.39, 0.29) is 12.2 Å². The monoisotopic (exact) mass is 214 g/mol. The van der Waals surface area contributed by atoms with E-state index in [0.29, 0.717) is 6.42 Å². The zero-order chi connectivity index (χ0) is 11.0. The zero-order valence-corrected chi connectivity index (χ0v) is 9.02. The topological polar surface area (TPSA) is 32.8 Å². The van der Waals surface area contributed by atoms with Gasteiger partial charge in [0, 0.05) is 13.0 Å². The maximum absolute atomic E-state index is 9.10. The van der Waals surface area contributed by atoms with Gasteiger partial charge in [-0.25, -0.2) is 0 Å². The van der Waals surface area contributed by atoms with Crippen molar-refractivity contribution in [3.05, 3.63) is 48.0 Å². The smallest absolute Gasteiger partial charge is 0.119 e. The highest BCUT2D eigenvalue weighted by molar-refractivity contribution is 5.86. The average molecular weight is 214 g/mol. The summed E-state index contributed by atoms with van der Waals surface area (Å²) in [5.41, 5.74) is 0.981. The predicted octanol–water partition coefficient (Wildman–Crippen LogP) is 2.45. The number of aliphatic hydroxyl groups excluding tert-OH is 1. The number of epoxide rings is 1. The third-order valence-corrected chi connectivity index (χ3v) is 3.29. The summed E-state index contributed by atoms with van der Waals surface area (Å²) >= 11 is 0. The van der Waals surface area contributed by atoms with E-state index in [1.165, 1.54) is 16.3 Å². The van der Waals surface area contributed by atoms with Crippen LogP contribution in [0.1, 0.15) is 12.0 Å². The number of fused-ring (bicyclic) bond motifs is 1. The first-order valence-corrected chi connectivity index (χ1v) is 5.59. The number of hydrogen-bond donors (Lipinski definition) is 1. The molecule has 1 atom stereocenters. The molecule has 0 amide bonds. The van der Waals surface area contributed by atoms with Crippen LogP contribution < -0.4 is 0 Å². The molecule has 0 aromatic heterocycles. The van der Waals surface area contributed by atoms with Crippen LogP contribution in [0, 0.1) is 0 Å². The van der Waals surface area contributed by atoms with E-state index in [4.69, 9.17) is 9.84 Å². The minimum atomic E-state index is -0.227. The molecule has 0 bridgehead atoms. The van der Waals surface area contributed by atoms with E-state index in [1.54, 1.807) is 0 Å². The second kappa shape index (κ2) is 3.58. The molecule has 0 saturated carbocycles. The summed E-state index contributed by atoms with van der Waals surface area (Å²) < 4.78 is 5.57. The first-order valence-electron chi connectivity index (χ1n) is 5.59. The van der Waals surface area contributed by atoms with Gasteiger partial charge in [0.15, 0.2) is 0 Å². The highest BCUT2D eigenvalue weighted by Crippen LogP contribution is 2.44. The lowest BCUT2D eigenvalue weighted by atomic mass is 9.92. The maximum Gasteiger partial charge on any atom is 0.119 e. The largest absolute Gasteiger partial charge is 0.396 e. The van der Waals surface area contributed by atoms with E-state index in [2.05, 4.69) is 30.3 Å². The van der Waals surface area contributed by atoms with Crippen LogP contribution in [0.2, 0.25) is 0 Å². The second-order valence-corrected chi connectivity index (χ2v) is 4.28. The molecule has 1 unspecified atom stereocenters. The molecule has 0 radical (unpaired) electrons. The van der Waals surface area contributed by atoms with Crippen molar-refractivity contribution in [2.45, 2.75) is 12.0 Å². The Bertz CT molecular complexity index is 510. The van der Waals surface area contributed by atoms with E-state index >= 15 is 0 Å². The number of hydrogen-bond acceptors (Lipinski definition) is 2. The van der Waals surface area contributed by atoms with Crippen molar-refractivity contribution in [1.29, 1.82) is 0 Å². The molecule has 1 saturated heterocycles. The number of ether oxygens (including phenoxy) is 1. The number of rotatable bonds is 3. The van der Waals surface area contributed by atoms with Crippen molar-refractivity contribution in [1.82, 2.24) is 0 Å². The summed E-state index contributed by atoms with van der Waals surface area (Å²) in [6.45, 7) is 0.894. The SMILES string of the molecule is OCCC1(c2cccc3ccccc23)CO1. The van der Waals surface area contributed by atoms with Crippen LogP contribution in [0.25, 0.3) is 10.8 Å². The molecule has 1 fully saturated rings. The molecule has 0 aliphatic carbocycles. The van der Waals surface area contributed by atoms with Gasteiger partial charge in [0.05, 0.1) is 6.61 Å². The maximum atomic E-state index is 9.10. The summed E-state index contributed by atoms with van der Waals surface area (Å²) in [6.07, 6.45) is 0.682. The fraction of sp³-hybridized carbons (Fsp3) is 0.286. The first-order chi connectivity index (χ1) is 7.86. The predicted molar refractivity (Wildman–Crippen MR) is 63.3 cm³/mol. The molecular formula is C14H14O2. The molecule has 1 aliphatic rings. The van der Waals surface area contributed by atoms with Crippen LogP contribution >= 0.6 is 0 Å². The molecule has 16 heavy (non-hydrogen) atoms. The molecule has 82 valence electrons. The molecule has 3 rings (SSSR count). The Morgan fingerprint density at radius 3 is 2.62 bits per heavy atom. The van der Waals surface area contributed by atoms with Crippen molar-refractivity contribution in [3.8, 4) is 0 Å². The Kier molecular flexibility index (Phi) is 2.20. The van der Waals surface area contributed by atoms with Gasteiger partial charge in [-0.15, -0.1) is 0 Å². The normalized spacial score (nSPS) is 23.6. The lowest BCUT2D eigenvalue weighted by Crippen LogP contribution is -2.11. The van der Waals surface area contributed by atoms with Gasteiger partial charge in [-0.05, 0) is 16.3 Å². The molecule has 2 heteroatoms. The van der Waals surface area contributed by atoms with Crippen LogP contribution in [0.15, 0.2) is 42.5 Å². The van der Waals surface area contributed by atoms with Gasteiger partial charge < -0.3 is 9.84 Å². The highest BCUT2D eigenvalue weighted by atomic mass is 16.6. The Morgan fingerprint density at radius 2 is 1.88 bits per heavy atom. The van der Waals surface area contributed by atoms with Gasteiger partial charge in [-0.1, -0.05) is 42.5 Å².